The molecule has 0 saturated carbocycles. The van der Waals surface area contributed by atoms with Crippen molar-refractivity contribution in [3.63, 3.8) is 0 Å². The molecule has 1 aromatic rings. The molecular formula is C8H10OS. The van der Waals surface area contributed by atoms with Crippen LogP contribution < -0.4 is 0 Å². The fraction of sp³-hybridized carbons (Fsp3) is 0.500. The van der Waals surface area contributed by atoms with Crippen LogP contribution in [0.25, 0.3) is 0 Å². The summed E-state index contributed by atoms with van der Waals surface area (Å²) < 4.78 is 5.49. The van der Waals surface area contributed by atoms with E-state index in [4.69, 9.17) is 4.42 Å². The van der Waals surface area contributed by atoms with Crippen molar-refractivity contribution in [2.24, 2.45) is 0 Å². The summed E-state index contributed by atoms with van der Waals surface area (Å²) in [5, 5.41) is 0. The smallest absolute Gasteiger partial charge is 0.109 e. The second kappa shape index (κ2) is 2.35. The van der Waals surface area contributed by atoms with Crippen LogP contribution >= 0.6 is 11.8 Å². The van der Waals surface area contributed by atoms with Gasteiger partial charge in [0, 0.05) is 23.5 Å². The zero-order valence-electron chi connectivity index (χ0n) is 6.02. The molecule has 0 amide bonds. The Balaban J connectivity index is 2.41. The third-order valence-corrected chi connectivity index (χ3v) is 2.76. The Morgan fingerprint density at radius 1 is 1.60 bits per heavy atom. The summed E-state index contributed by atoms with van der Waals surface area (Å²) in [6, 6.07) is 2.15. The molecule has 1 aromatic heterocycles. The van der Waals surface area contributed by atoms with Crippen LogP contribution in [0.2, 0.25) is 0 Å². The van der Waals surface area contributed by atoms with Crippen LogP contribution in [0, 0.1) is 6.92 Å². The van der Waals surface area contributed by atoms with Gasteiger partial charge in [-0.25, -0.2) is 0 Å². The number of thioether (sulfide) groups is 1. The predicted molar refractivity (Wildman–Crippen MR) is 43.3 cm³/mol. The second-order valence-electron chi connectivity index (χ2n) is 2.61. The van der Waals surface area contributed by atoms with E-state index < -0.39 is 0 Å². The fourth-order valence-electron chi connectivity index (χ4n) is 1.30. The lowest BCUT2D eigenvalue weighted by Crippen LogP contribution is -1.97. The maximum absolute atomic E-state index is 5.49. The topological polar surface area (TPSA) is 13.1 Å². The molecule has 0 bridgehead atoms. The number of aryl methyl sites for hydroxylation is 2. The van der Waals surface area contributed by atoms with Gasteiger partial charge < -0.3 is 4.42 Å². The van der Waals surface area contributed by atoms with E-state index in [0.717, 1.165) is 17.9 Å². The SMILES string of the molecule is Cc1cc2c(o1)CCSC2. The molecule has 1 aliphatic rings. The van der Waals surface area contributed by atoms with Gasteiger partial charge in [-0.05, 0) is 13.0 Å². The Labute approximate surface area is 64.8 Å². The van der Waals surface area contributed by atoms with Gasteiger partial charge in [-0.3, -0.25) is 0 Å². The highest BCUT2D eigenvalue weighted by molar-refractivity contribution is 7.98. The molecule has 2 heterocycles. The monoisotopic (exact) mass is 154 g/mol. The summed E-state index contributed by atoms with van der Waals surface area (Å²) >= 11 is 1.99. The minimum Gasteiger partial charge on any atom is -0.466 e. The Morgan fingerprint density at radius 2 is 2.50 bits per heavy atom. The number of furan rings is 1. The molecule has 2 heteroatoms. The highest BCUT2D eigenvalue weighted by Gasteiger charge is 2.12. The summed E-state index contributed by atoms with van der Waals surface area (Å²) in [6.45, 7) is 2.02. The van der Waals surface area contributed by atoms with Crippen molar-refractivity contribution in [3.05, 3.63) is 23.2 Å². The van der Waals surface area contributed by atoms with Crippen molar-refractivity contribution >= 4 is 11.8 Å². The van der Waals surface area contributed by atoms with Crippen LogP contribution in [-0.4, -0.2) is 5.75 Å². The summed E-state index contributed by atoms with van der Waals surface area (Å²) in [7, 11) is 0. The molecule has 0 aliphatic carbocycles. The molecule has 10 heavy (non-hydrogen) atoms. The Morgan fingerprint density at radius 3 is 3.30 bits per heavy atom. The third kappa shape index (κ3) is 0.966. The third-order valence-electron chi connectivity index (χ3n) is 1.75. The van der Waals surface area contributed by atoms with E-state index in [1.54, 1.807) is 0 Å². The van der Waals surface area contributed by atoms with E-state index in [2.05, 4.69) is 6.07 Å². The van der Waals surface area contributed by atoms with Crippen molar-refractivity contribution in [2.45, 2.75) is 19.1 Å². The molecule has 0 radical (unpaired) electrons. The summed E-state index contributed by atoms with van der Waals surface area (Å²) in [5.41, 5.74) is 1.41. The van der Waals surface area contributed by atoms with Crippen LogP contribution in [0.15, 0.2) is 10.5 Å². The zero-order chi connectivity index (χ0) is 6.97. The van der Waals surface area contributed by atoms with Gasteiger partial charge in [-0.1, -0.05) is 0 Å². The van der Waals surface area contributed by atoms with Crippen LogP contribution in [0.4, 0.5) is 0 Å². The van der Waals surface area contributed by atoms with Gasteiger partial charge >= 0.3 is 0 Å². The maximum Gasteiger partial charge on any atom is 0.109 e. The van der Waals surface area contributed by atoms with Crippen LogP contribution in [0.1, 0.15) is 17.1 Å². The standard InChI is InChI=1S/C8H10OS/c1-6-4-7-5-10-3-2-8(7)9-6/h4H,2-3,5H2,1H3. The van der Waals surface area contributed by atoms with E-state index in [-0.39, 0.29) is 0 Å². The van der Waals surface area contributed by atoms with Crippen molar-refractivity contribution in [1.29, 1.82) is 0 Å². The lowest BCUT2D eigenvalue weighted by molar-refractivity contribution is 0.486. The van der Waals surface area contributed by atoms with Crippen LogP contribution in [0.5, 0.6) is 0 Å². The first kappa shape index (κ1) is 6.35. The van der Waals surface area contributed by atoms with Gasteiger partial charge in [-0.2, -0.15) is 11.8 Å². The van der Waals surface area contributed by atoms with Gasteiger partial charge in [-0.15, -0.1) is 0 Å². The Kier molecular flexibility index (Phi) is 1.49. The maximum atomic E-state index is 5.49. The van der Waals surface area contributed by atoms with Gasteiger partial charge in [0.2, 0.25) is 0 Å². The first-order chi connectivity index (χ1) is 4.86. The number of hydrogen-bond donors (Lipinski definition) is 0. The molecule has 0 fully saturated rings. The minimum atomic E-state index is 1.06. The molecule has 0 atom stereocenters. The molecule has 1 aliphatic heterocycles. The number of fused-ring (bicyclic) bond motifs is 1. The second-order valence-corrected chi connectivity index (χ2v) is 3.71. The summed E-state index contributed by atoms with van der Waals surface area (Å²) in [5.74, 6) is 4.65. The molecule has 0 saturated heterocycles. The molecule has 0 N–H and O–H groups in total. The van der Waals surface area contributed by atoms with Gasteiger partial charge in [0.25, 0.3) is 0 Å². The molecule has 0 aromatic carbocycles. The summed E-state index contributed by atoms with van der Waals surface area (Å²) in [6.07, 6.45) is 1.12. The van der Waals surface area contributed by atoms with E-state index in [1.165, 1.54) is 17.1 Å². The van der Waals surface area contributed by atoms with Gasteiger partial charge in [0.15, 0.2) is 0 Å². The van der Waals surface area contributed by atoms with Crippen molar-refractivity contribution in [2.75, 3.05) is 5.75 Å². The lowest BCUT2D eigenvalue weighted by atomic mass is 10.2. The van der Waals surface area contributed by atoms with Crippen molar-refractivity contribution in [3.8, 4) is 0 Å². The largest absolute Gasteiger partial charge is 0.466 e. The first-order valence-corrected chi connectivity index (χ1v) is 4.67. The van der Waals surface area contributed by atoms with E-state index in [9.17, 15) is 0 Å². The number of rotatable bonds is 0. The minimum absolute atomic E-state index is 1.06. The molecule has 54 valence electrons. The Bertz CT molecular complexity index is 216. The van der Waals surface area contributed by atoms with Gasteiger partial charge in [0.05, 0.1) is 0 Å². The first-order valence-electron chi connectivity index (χ1n) is 3.52. The summed E-state index contributed by atoms with van der Waals surface area (Å²) in [4.78, 5) is 0. The molecule has 1 nitrogen and oxygen atoms in total. The predicted octanol–water partition coefficient (Wildman–Crippen LogP) is 2.38. The number of hydrogen-bond acceptors (Lipinski definition) is 2. The normalized spacial score (nSPS) is 16.9. The van der Waals surface area contributed by atoms with Crippen molar-refractivity contribution in [1.82, 2.24) is 0 Å². The Hall–Kier alpha value is -0.370. The van der Waals surface area contributed by atoms with Crippen LogP contribution in [-0.2, 0) is 12.2 Å². The van der Waals surface area contributed by atoms with Crippen LogP contribution in [0.3, 0.4) is 0 Å². The molecule has 0 spiro atoms. The zero-order valence-corrected chi connectivity index (χ0v) is 6.83. The fourth-order valence-corrected chi connectivity index (χ4v) is 2.23. The van der Waals surface area contributed by atoms with Crippen molar-refractivity contribution < 1.29 is 4.42 Å². The average Bonchev–Trinajstić information content (AvgIpc) is 2.27. The highest BCUT2D eigenvalue weighted by atomic mass is 32.2. The van der Waals surface area contributed by atoms with Gasteiger partial charge in [0.1, 0.15) is 11.5 Å². The van der Waals surface area contributed by atoms with E-state index >= 15 is 0 Å². The quantitative estimate of drug-likeness (QED) is 0.569. The van der Waals surface area contributed by atoms with E-state index in [1.807, 2.05) is 18.7 Å². The highest BCUT2D eigenvalue weighted by Crippen LogP contribution is 2.26. The molecule has 0 unspecified atom stereocenters. The molecular weight excluding hydrogens is 144 g/mol. The lowest BCUT2D eigenvalue weighted by Gasteiger charge is -2.07. The van der Waals surface area contributed by atoms with E-state index in [0.29, 0.717) is 0 Å². The molecule has 2 rings (SSSR count). The average molecular weight is 154 g/mol.